The number of anilines is 1. The first kappa shape index (κ1) is 17.5. The van der Waals surface area contributed by atoms with Crippen LogP contribution in [-0.2, 0) is 11.0 Å². The van der Waals surface area contributed by atoms with Crippen molar-refractivity contribution >= 4 is 22.5 Å². The van der Waals surface area contributed by atoms with E-state index in [9.17, 15) is 18.0 Å². The van der Waals surface area contributed by atoms with Crippen molar-refractivity contribution in [3.63, 3.8) is 0 Å². The molecule has 1 aromatic carbocycles. The molecule has 0 radical (unpaired) electrons. The van der Waals surface area contributed by atoms with E-state index < -0.39 is 11.7 Å². The standard InChI is InChI=1S/C18H20F3N3O/c19-18(20,21)13-5-6-14-15(7-8-23-16(14)9-13)24-10-11-1-3-12(4-2-11)17(22)25/h5-9,11-12H,1-4,10H2,(H2,22,25)(H,23,24). The molecule has 134 valence electrons. The summed E-state index contributed by atoms with van der Waals surface area (Å²) < 4.78 is 38.5. The molecule has 1 fully saturated rings. The number of halogens is 3. The molecule has 0 aliphatic heterocycles. The molecule has 4 nitrogen and oxygen atoms in total. The highest BCUT2D eigenvalue weighted by Gasteiger charge is 2.30. The van der Waals surface area contributed by atoms with Crippen molar-refractivity contribution in [2.75, 3.05) is 11.9 Å². The highest BCUT2D eigenvalue weighted by atomic mass is 19.4. The van der Waals surface area contributed by atoms with Crippen LogP contribution in [0, 0.1) is 11.8 Å². The number of hydrogen-bond donors (Lipinski definition) is 2. The molecule has 2 aromatic rings. The van der Waals surface area contributed by atoms with Gasteiger partial charge in [-0.05, 0) is 49.8 Å². The maximum atomic E-state index is 12.8. The van der Waals surface area contributed by atoms with Gasteiger partial charge in [-0.25, -0.2) is 0 Å². The van der Waals surface area contributed by atoms with Crippen LogP contribution in [0.15, 0.2) is 30.5 Å². The molecule has 1 saturated carbocycles. The minimum absolute atomic E-state index is 0.0289. The van der Waals surface area contributed by atoms with Crippen molar-refractivity contribution in [1.82, 2.24) is 4.98 Å². The minimum Gasteiger partial charge on any atom is -0.384 e. The lowest BCUT2D eigenvalue weighted by Gasteiger charge is -2.27. The molecular formula is C18H20F3N3O. The second kappa shape index (κ2) is 6.90. The summed E-state index contributed by atoms with van der Waals surface area (Å²) >= 11 is 0. The molecule has 0 saturated heterocycles. The van der Waals surface area contributed by atoms with Gasteiger partial charge in [-0.15, -0.1) is 0 Å². The number of nitrogens with two attached hydrogens (primary N) is 1. The minimum atomic E-state index is -4.38. The van der Waals surface area contributed by atoms with Crippen LogP contribution in [0.1, 0.15) is 31.2 Å². The number of nitrogens with one attached hydrogen (secondary N) is 1. The Morgan fingerprint density at radius 1 is 1.20 bits per heavy atom. The number of amides is 1. The van der Waals surface area contributed by atoms with Gasteiger partial charge in [0.2, 0.25) is 5.91 Å². The first-order valence-corrected chi connectivity index (χ1v) is 8.34. The number of hydrogen-bond acceptors (Lipinski definition) is 3. The van der Waals surface area contributed by atoms with Crippen molar-refractivity contribution in [3.05, 3.63) is 36.0 Å². The predicted molar refractivity (Wildman–Crippen MR) is 89.9 cm³/mol. The van der Waals surface area contributed by atoms with Crippen molar-refractivity contribution < 1.29 is 18.0 Å². The fourth-order valence-electron chi connectivity index (χ4n) is 3.38. The van der Waals surface area contributed by atoms with E-state index in [4.69, 9.17) is 5.73 Å². The Hall–Kier alpha value is -2.31. The van der Waals surface area contributed by atoms with Crippen LogP contribution in [-0.4, -0.2) is 17.4 Å². The molecule has 1 aromatic heterocycles. The van der Waals surface area contributed by atoms with Crippen molar-refractivity contribution in [3.8, 4) is 0 Å². The normalized spacial score (nSPS) is 21.2. The Balaban J connectivity index is 1.69. The molecule has 1 heterocycles. The summed E-state index contributed by atoms with van der Waals surface area (Å²) in [4.78, 5) is 15.3. The Bertz CT molecular complexity index is 768. The third-order valence-electron chi connectivity index (χ3n) is 4.90. The fraction of sp³-hybridized carbons (Fsp3) is 0.444. The SMILES string of the molecule is NC(=O)C1CCC(CNc2ccnc3cc(C(F)(F)F)ccc23)CC1. The maximum Gasteiger partial charge on any atom is 0.416 e. The van der Waals surface area contributed by atoms with Gasteiger partial charge in [0.25, 0.3) is 0 Å². The Labute approximate surface area is 143 Å². The van der Waals surface area contributed by atoms with Gasteiger partial charge in [0, 0.05) is 29.7 Å². The van der Waals surface area contributed by atoms with Gasteiger partial charge in [0.05, 0.1) is 11.1 Å². The molecule has 3 rings (SSSR count). The van der Waals surface area contributed by atoms with Gasteiger partial charge >= 0.3 is 6.18 Å². The third-order valence-corrected chi connectivity index (χ3v) is 4.90. The molecule has 0 atom stereocenters. The average Bonchev–Trinajstić information content (AvgIpc) is 2.59. The van der Waals surface area contributed by atoms with Gasteiger partial charge in [0.1, 0.15) is 0 Å². The summed E-state index contributed by atoms with van der Waals surface area (Å²) in [6.45, 7) is 0.714. The molecule has 25 heavy (non-hydrogen) atoms. The molecule has 7 heteroatoms. The number of carbonyl (C=O) groups excluding carboxylic acids is 1. The number of alkyl halides is 3. The van der Waals surface area contributed by atoms with E-state index in [-0.39, 0.29) is 11.8 Å². The zero-order valence-corrected chi connectivity index (χ0v) is 13.6. The van der Waals surface area contributed by atoms with E-state index in [0.29, 0.717) is 23.4 Å². The van der Waals surface area contributed by atoms with Crippen LogP contribution in [0.3, 0.4) is 0 Å². The molecule has 3 N–H and O–H groups in total. The van der Waals surface area contributed by atoms with Gasteiger partial charge in [0.15, 0.2) is 0 Å². The van der Waals surface area contributed by atoms with Crippen LogP contribution in [0.5, 0.6) is 0 Å². The van der Waals surface area contributed by atoms with Crippen molar-refractivity contribution in [2.24, 2.45) is 17.6 Å². The Morgan fingerprint density at radius 3 is 2.56 bits per heavy atom. The number of benzene rings is 1. The van der Waals surface area contributed by atoms with Crippen LogP contribution >= 0.6 is 0 Å². The first-order valence-electron chi connectivity index (χ1n) is 8.34. The van der Waals surface area contributed by atoms with Gasteiger partial charge < -0.3 is 11.1 Å². The second-order valence-electron chi connectivity index (χ2n) is 6.59. The Morgan fingerprint density at radius 2 is 1.92 bits per heavy atom. The van der Waals surface area contributed by atoms with E-state index in [0.717, 1.165) is 43.5 Å². The van der Waals surface area contributed by atoms with Gasteiger partial charge in [-0.3, -0.25) is 9.78 Å². The maximum absolute atomic E-state index is 12.8. The zero-order valence-electron chi connectivity index (χ0n) is 13.6. The van der Waals surface area contributed by atoms with E-state index in [1.54, 1.807) is 6.07 Å². The Kier molecular flexibility index (Phi) is 4.83. The average molecular weight is 351 g/mol. The molecule has 1 aliphatic carbocycles. The van der Waals surface area contributed by atoms with E-state index in [1.165, 1.54) is 12.3 Å². The first-order chi connectivity index (χ1) is 11.8. The van der Waals surface area contributed by atoms with E-state index in [1.807, 2.05) is 0 Å². The highest BCUT2D eigenvalue weighted by Crippen LogP contribution is 2.33. The number of fused-ring (bicyclic) bond motifs is 1. The number of nitrogens with zero attached hydrogens (tertiary/aromatic N) is 1. The summed E-state index contributed by atoms with van der Waals surface area (Å²) in [5.41, 5.74) is 5.73. The highest BCUT2D eigenvalue weighted by molar-refractivity contribution is 5.91. The number of pyridine rings is 1. The number of aromatic nitrogens is 1. The van der Waals surface area contributed by atoms with Crippen LogP contribution in [0.25, 0.3) is 10.9 Å². The quantitative estimate of drug-likeness (QED) is 0.876. The molecule has 0 unspecified atom stereocenters. The van der Waals surface area contributed by atoms with Crippen molar-refractivity contribution in [1.29, 1.82) is 0 Å². The van der Waals surface area contributed by atoms with Crippen molar-refractivity contribution in [2.45, 2.75) is 31.9 Å². The monoisotopic (exact) mass is 351 g/mol. The third kappa shape index (κ3) is 4.03. The van der Waals surface area contributed by atoms with Gasteiger partial charge in [-0.2, -0.15) is 13.2 Å². The van der Waals surface area contributed by atoms with E-state index >= 15 is 0 Å². The summed E-state index contributed by atoms with van der Waals surface area (Å²) in [7, 11) is 0. The predicted octanol–water partition coefficient (Wildman–Crippen LogP) is 3.96. The summed E-state index contributed by atoms with van der Waals surface area (Å²) in [6.07, 6.45) is 0.568. The van der Waals surface area contributed by atoms with E-state index in [2.05, 4.69) is 10.3 Å². The molecule has 1 amide bonds. The molecule has 1 aliphatic rings. The van der Waals surface area contributed by atoms with Crippen LogP contribution in [0.4, 0.5) is 18.9 Å². The number of rotatable bonds is 4. The molecule has 0 bridgehead atoms. The van der Waals surface area contributed by atoms with Crippen LogP contribution in [0.2, 0.25) is 0 Å². The topological polar surface area (TPSA) is 68.0 Å². The molecule has 0 spiro atoms. The lowest BCUT2D eigenvalue weighted by molar-refractivity contribution is -0.137. The fourth-order valence-corrected chi connectivity index (χ4v) is 3.38. The van der Waals surface area contributed by atoms with Gasteiger partial charge in [-0.1, -0.05) is 6.07 Å². The zero-order chi connectivity index (χ0) is 18.0. The lowest BCUT2D eigenvalue weighted by Crippen LogP contribution is -2.29. The summed E-state index contributed by atoms with van der Waals surface area (Å²) in [5.74, 6) is 0.166. The number of carbonyl (C=O) groups is 1. The second-order valence-corrected chi connectivity index (χ2v) is 6.59. The summed E-state index contributed by atoms with van der Waals surface area (Å²) in [6, 6.07) is 5.37. The summed E-state index contributed by atoms with van der Waals surface area (Å²) in [5, 5.41) is 3.99. The lowest BCUT2D eigenvalue weighted by atomic mass is 9.81. The largest absolute Gasteiger partial charge is 0.416 e. The molecular weight excluding hydrogens is 331 g/mol. The van der Waals surface area contributed by atoms with Crippen LogP contribution < -0.4 is 11.1 Å². The number of primary amides is 1. The smallest absolute Gasteiger partial charge is 0.384 e.